The smallest absolute Gasteiger partial charge is 0.306 e. The number of esters is 1. The van der Waals surface area contributed by atoms with E-state index in [1.165, 1.54) is 193 Å². The Bertz CT molecular complexity index is 702. The zero-order valence-corrected chi connectivity index (χ0v) is 33.9. The lowest BCUT2D eigenvalue weighted by atomic mass is 10.0. The fraction of sp³-hybridized carbons (Fsp3) is 0.891. The van der Waals surface area contributed by atoms with Crippen LogP contribution in [0.25, 0.3) is 0 Å². The minimum atomic E-state index is -0.530. The van der Waals surface area contributed by atoms with E-state index in [1.807, 2.05) is 0 Å². The predicted octanol–water partition coefficient (Wildman–Crippen LogP) is 14.7. The number of aliphatic hydroxyl groups is 1. The fourth-order valence-corrected chi connectivity index (χ4v) is 6.65. The van der Waals surface area contributed by atoms with Gasteiger partial charge < -0.3 is 14.6 Å². The quantitative estimate of drug-likeness (QED) is 0.0390. The van der Waals surface area contributed by atoms with E-state index in [2.05, 4.69) is 38.2 Å². The van der Waals surface area contributed by atoms with Crippen molar-refractivity contribution >= 4 is 5.97 Å². The van der Waals surface area contributed by atoms with E-state index in [-0.39, 0.29) is 12.6 Å². The summed E-state index contributed by atoms with van der Waals surface area (Å²) < 4.78 is 11.2. The molecule has 0 aromatic carbocycles. The molecule has 0 aliphatic rings. The number of unbranched alkanes of at least 4 members (excludes halogenated alkanes) is 30. The maximum atomic E-state index is 12.2. The lowest BCUT2D eigenvalue weighted by Crippen LogP contribution is -2.27. The second-order valence-electron chi connectivity index (χ2n) is 15.1. The number of hydrogen-bond acceptors (Lipinski definition) is 4. The molecule has 296 valence electrons. The van der Waals surface area contributed by atoms with Gasteiger partial charge in [0, 0.05) is 13.0 Å². The highest BCUT2D eigenvalue weighted by molar-refractivity contribution is 5.69. The second kappa shape index (κ2) is 44.0. The molecule has 0 amide bonds. The highest BCUT2D eigenvalue weighted by Gasteiger charge is 2.13. The minimum Gasteiger partial charge on any atom is -0.457 e. The van der Waals surface area contributed by atoms with Crippen molar-refractivity contribution in [3.8, 4) is 0 Å². The fourth-order valence-electron chi connectivity index (χ4n) is 6.65. The van der Waals surface area contributed by atoms with Gasteiger partial charge >= 0.3 is 5.97 Å². The zero-order chi connectivity index (χ0) is 36.3. The Balaban J connectivity index is 3.39. The molecule has 50 heavy (non-hydrogen) atoms. The Labute approximate surface area is 313 Å². The number of aliphatic hydroxyl groups excluding tert-OH is 1. The zero-order valence-electron chi connectivity index (χ0n) is 33.9. The van der Waals surface area contributed by atoms with Gasteiger partial charge in [-0.2, -0.15) is 0 Å². The normalized spacial score (nSPS) is 12.5. The number of allylic oxidation sites excluding steroid dienone is 4. The van der Waals surface area contributed by atoms with Crippen molar-refractivity contribution in [2.24, 2.45) is 0 Å². The second-order valence-corrected chi connectivity index (χ2v) is 15.1. The lowest BCUT2D eigenvalue weighted by Gasteiger charge is -2.16. The van der Waals surface area contributed by atoms with E-state index in [9.17, 15) is 9.90 Å². The van der Waals surface area contributed by atoms with Crippen molar-refractivity contribution in [3.05, 3.63) is 24.3 Å². The van der Waals surface area contributed by atoms with Gasteiger partial charge in [-0.25, -0.2) is 0 Å². The SMILES string of the molecule is CCCCCCC/C=C\C/C=C\CCCCCCCCCCCCCC(=O)OC(CO)COCCCCCCCCCCCCCCCCC. The molecule has 0 heterocycles. The van der Waals surface area contributed by atoms with Crippen LogP contribution in [0.15, 0.2) is 24.3 Å². The van der Waals surface area contributed by atoms with Gasteiger partial charge in [-0.1, -0.05) is 212 Å². The summed E-state index contributed by atoms with van der Waals surface area (Å²) >= 11 is 0. The molecule has 0 saturated heterocycles. The third-order valence-electron chi connectivity index (χ3n) is 10.0. The highest BCUT2D eigenvalue weighted by atomic mass is 16.6. The molecule has 1 N–H and O–H groups in total. The topological polar surface area (TPSA) is 55.8 Å². The first-order chi connectivity index (χ1) is 24.7. The van der Waals surface area contributed by atoms with E-state index in [4.69, 9.17) is 9.47 Å². The van der Waals surface area contributed by atoms with Crippen LogP contribution in [0.5, 0.6) is 0 Å². The maximum absolute atomic E-state index is 12.2. The molecule has 1 unspecified atom stereocenters. The van der Waals surface area contributed by atoms with Crippen molar-refractivity contribution in [2.45, 2.75) is 245 Å². The van der Waals surface area contributed by atoms with E-state index >= 15 is 0 Å². The van der Waals surface area contributed by atoms with Crippen LogP contribution in [0.2, 0.25) is 0 Å². The number of hydrogen-bond donors (Lipinski definition) is 1. The summed E-state index contributed by atoms with van der Waals surface area (Å²) in [6.45, 7) is 5.37. The summed E-state index contributed by atoms with van der Waals surface area (Å²) in [6.07, 6.45) is 53.8. The number of carbonyl (C=O) groups excluding carboxylic acids is 1. The molecule has 0 aromatic rings. The molecule has 0 rings (SSSR count). The maximum Gasteiger partial charge on any atom is 0.306 e. The molecule has 1 atom stereocenters. The molecular formula is C46H88O4. The summed E-state index contributed by atoms with van der Waals surface area (Å²) in [7, 11) is 0. The van der Waals surface area contributed by atoms with Crippen LogP contribution in [0.1, 0.15) is 239 Å². The third kappa shape index (κ3) is 41.3. The Morgan fingerprint density at radius 3 is 1.24 bits per heavy atom. The van der Waals surface area contributed by atoms with Crippen LogP contribution in [-0.2, 0) is 14.3 Å². The first-order valence-corrected chi connectivity index (χ1v) is 22.4. The van der Waals surface area contributed by atoms with Crippen molar-refractivity contribution in [1.82, 2.24) is 0 Å². The summed E-state index contributed by atoms with van der Waals surface area (Å²) in [5, 5.41) is 9.60. The Hall–Kier alpha value is -1.13. The summed E-state index contributed by atoms with van der Waals surface area (Å²) in [6, 6.07) is 0. The Kier molecular flexibility index (Phi) is 43.0. The van der Waals surface area contributed by atoms with Gasteiger partial charge in [0.1, 0.15) is 6.10 Å². The van der Waals surface area contributed by atoms with Crippen molar-refractivity contribution in [3.63, 3.8) is 0 Å². The molecular weight excluding hydrogens is 617 g/mol. The third-order valence-corrected chi connectivity index (χ3v) is 10.0. The molecule has 0 aliphatic carbocycles. The van der Waals surface area contributed by atoms with Crippen molar-refractivity contribution in [1.29, 1.82) is 0 Å². The van der Waals surface area contributed by atoms with Crippen molar-refractivity contribution in [2.75, 3.05) is 19.8 Å². The molecule has 0 spiro atoms. The van der Waals surface area contributed by atoms with E-state index < -0.39 is 6.10 Å². The summed E-state index contributed by atoms with van der Waals surface area (Å²) in [5.74, 6) is -0.199. The summed E-state index contributed by atoms with van der Waals surface area (Å²) in [5.41, 5.74) is 0. The molecule has 4 nitrogen and oxygen atoms in total. The van der Waals surface area contributed by atoms with Crippen LogP contribution < -0.4 is 0 Å². The van der Waals surface area contributed by atoms with Crippen LogP contribution in [-0.4, -0.2) is 37.0 Å². The van der Waals surface area contributed by atoms with Crippen molar-refractivity contribution < 1.29 is 19.4 Å². The van der Waals surface area contributed by atoms with Crippen LogP contribution in [0.3, 0.4) is 0 Å². The lowest BCUT2D eigenvalue weighted by molar-refractivity contribution is -0.154. The standard InChI is InChI=1S/C46H88O4/c1-3-5-7-9-11-13-15-17-19-20-21-22-23-24-25-26-27-29-31-33-35-37-39-41-46(48)50-45(43-47)44-49-42-40-38-36-34-32-30-28-18-16-14-12-10-8-6-4-2/h15,17,20-21,45,47H,3-14,16,18-19,22-44H2,1-2H3/b17-15-,21-20-. The van der Waals surface area contributed by atoms with Gasteiger partial charge in [-0.3, -0.25) is 4.79 Å². The molecule has 0 fully saturated rings. The van der Waals surface area contributed by atoms with Gasteiger partial charge in [0.2, 0.25) is 0 Å². The largest absolute Gasteiger partial charge is 0.457 e. The van der Waals surface area contributed by atoms with E-state index in [0.29, 0.717) is 19.6 Å². The van der Waals surface area contributed by atoms with Gasteiger partial charge in [0.25, 0.3) is 0 Å². The van der Waals surface area contributed by atoms with Gasteiger partial charge in [-0.15, -0.1) is 0 Å². The van der Waals surface area contributed by atoms with Crippen LogP contribution in [0, 0.1) is 0 Å². The van der Waals surface area contributed by atoms with E-state index in [0.717, 1.165) is 25.7 Å². The molecule has 0 bridgehead atoms. The molecule has 0 radical (unpaired) electrons. The molecule has 4 heteroatoms. The Morgan fingerprint density at radius 1 is 0.480 bits per heavy atom. The number of carbonyl (C=O) groups is 1. The predicted molar refractivity (Wildman–Crippen MR) is 219 cm³/mol. The summed E-state index contributed by atoms with van der Waals surface area (Å²) in [4.78, 5) is 12.2. The average Bonchev–Trinajstić information content (AvgIpc) is 3.12. The minimum absolute atomic E-state index is 0.168. The first-order valence-electron chi connectivity index (χ1n) is 22.4. The van der Waals surface area contributed by atoms with Crippen LogP contribution in [0.4, 0.5) is 0 Å². The Morgan fingerprint density at radius 2 is 0.840 bits per heavy atom. The van der Waals surface area contributed by atoms with Gasteiger partial charge in [0.05, 0.1) is 13.2 Å². The molecule has 0 saturated carbocycles. The highest BCUT2D eigenvalue weighted by Crippen LogP contribution is 2.15. The van der Waals surface area contributed by atoms with Crippen LogP contribution >= 0.6 is 0 Å². The number of rotatable bonds is 42. The monoisotopic (exact) mass is 705 g/mol. The number of ether oxygens (including phenoxy) is 2. The molecule has 0 aliphatic heterocycles. The molecule has 0 aromatic heterocycles. The first kappa shape index (κ1) is 48.9. The van der Waals surface area contributed by atoms with E-state index in [1.54, 1.807) is 0 Å². The van der Waals surface area contributed by atoms with Gasteiger partial charge in [-0.05, 0) is 44.9 Å². The average molecular weight is 705 g/mol. The van der Waals surface area contributed by atoms with Gasteiger partial charge in [0.15, 0.2) is 0 Å².